The number of hydrogen-bond donors (Lipinski definition) is 4. The highest BCUT2D eigenvalue weighted by Crippen LogP contribution is 2.26. The molecular weight excluding hydrogens is 390 g/mol. The molecule has 2 aromatic heterocycles. The highest BCUT2D eigenvalue weighted by molar-refractivity contribution is 6.21. The van der Waals surface area contributed by atoms with Crippen LogP contribution in [-0.2, 0) is 24.7 Å². The molecule has 2 aromatic rings. The first-order valence-electron chi connectivity index (χ1n) is 8.15. The molecule has 6 amide bonds. The van der Waals surface area contributed by atoms with Crippen LogP contribution < -0.4 is 16.0 Å². The van der Waals surface area contributed by atoms with E-state index in [1.807, 2.05) is 5.32 Å². The van der Waals surface area contributed by atoms with E-state index in [1.54, 1.807) is 36.6 Å². The first-order chi connectivity index (χ1) is 13.6. The van der Waals surface area contributed by atoms with E-state index in [9.17, 15) is 29.1 Å². The van der Waals surface area contributed by atoms with Crippen molar-refractivity contribution < 1.29 is 42.7 Å². The molecule has 1 atom stereocenters. The molecule has 12 heteroatoms. The van der Waals surface area contributed by atoms with E-state index in [0.29, 0.717) is 17.3 Å². The number of amides is 6. The minimum Gasteiger partial charge on any atom is -0.462 e. The van der Waals surface area contributed by atoms with Crippen molar-refractivity contribution in [2.45, 2.75) is 25.6 Å². The monoisotopic (exact) mass is 405 g/mol. The Hall–Kier alpha value is -3.93. The molecule has 0 radical (unpaired) electrons. The molecule has 0 bridgehead atoms. The highest BCUT2D eigenvalue weighted by atomic mass is 16.6. The zero-order valence-electron chi connectivity index (χ0n) is 15.1. The van der Waals surface area contributed by atoms with Gasteiger partial charge < -0.3 is 18.7 Å². The fraction of sp³-hybridized carbons (Fsp3) is 0.235. The van der Waals surface area contributed by atoms with Gasteiger partial charge >= 0.3 is 12.1 Å². The van der Waals surface area contributed by atoms with Crippen molar-refractivity contribution in [3.05, 3.63) is 47.3 Å². The van der Waals surface area contributed by atoms with Crippen molar-refractivity contribution >= 4 is 29.8 Å². The summed E-state index contributed by atoms with van der Waals surface area (Å²) in [6.07, 6.45) is -1.66. The predicted molar refractivity (Wildman–Crippen MR) is 89.8 cm³/mol. The molecule has 4 heterocycles. The number of ether oxygens (including phenoxy) is 1. The number of urea groups is 1. The smallest absolute Gasteiger partial charge is 0.415 e. The Bertz CT molecular complexity index is 999. The summed E-state index contributed by atoms with van der Waals surface area (Å²) < 4.78 is 14.8. The third kappa shape index (κ3) is 3.73. The topological polar surface area (TPSA) is 177 Å². The van der Waals surface area contributed by atoms with Crippen LogP contribution in [0.2, 0.25) is 0 Å². The average molecular weight is 405 g/mol. The van der Waals surface area contributed by atoms with Crippen molar-refractivity contribution in [2.75, 3.05) is 0 Å². The van der Waals surface area contributed by atoms with E-state index in [1.165, 1.54) is 12.1 Å². The Kier molecular flexibility index (Phi) is 4.95. The van der Waals surface area contributed by atoms with E-state index < -0.39 is 41.6 Å². The van der Waals surface area contributed by atoms with Gasteiger partial charge in [0.15, 0.2) is 11.5 Å². The quantitative estimate of drug-likeness (QED) is 0.502. The molecule has 0 spiro atoms. The van der Waals surface area contributed by atoms with Gasteiger partial charge in [0.25, 0.3) is 23.3 Å². The second-order valence-electron chi connectivity index (χ2n) is 6.08. The van der Waals surface area contributed by atoms with Crippen molar-refractivity contribution in [1.82, 2.24) is 16.0 Å². The van der Waals surface area contributed by atoms with E-state index in [2.05, 4.69) is 4.74 Å². The van der Waals surface area contributed by atoms with Crippen molar-refractivity contribution in [1.29, 1.82) is 0 Å². The Morgan fingerprint density at radius 2 is 1.45 bits per heavy atom. The summed E-state index contributed by atoms with van der Waals surface area (Å²) in [4.78, 5) is 55.4. The highest BCUT2D eigenvalue weighted by Gasteiger charge is 2.53. The number of imide groups is 3. The summed E-state index contributed by atoms with van der Waals surface area (Å²) in [5.41, 5.74) is -2.50. The Morgan fingerprint density at radius 3 is 1.90 bits per heavy atom. The molecule has 29 heavy (non-hydrogen) atoms. The predicted octanol–water partition coefficient (Wildman–Crippen LogP) is 0.0371. The zero-order valence-corrected chi connectivity index (χ0v) is 15.1. The van der Waals surface area contributed by atoms with Gasteiger partial charge in [0.2, 0.25) is 6.10 Å². The molecule has 2 aliphatic rings. The SMILES string of the molecule is Cc1ccc(C2(O)C(=O)NC(=O)NC2=O)o1.Cc1ccc(C2OC(=O)NC2=O)o1. The zero-order chi connectivity index (χ0) is 21.3. The van der Waals surface area contributed by atoms with Crippen LogP contribution in [-0.4, -0.2) is 35.0 Å². The minimum atomic E-state index is -2.50. The number of aryl methyl sites for hydroxylation is 2. The summed E-state index contributed by atoms with van der Waals surface area (Å²) in [7, 11) is 0. The lowest BCUT2D eigenvalue weighted by molar-refractivity contribution is -0.157. The molecule has 4 N–H and O–H groups in total. The van der Waals surface area contributed by atoms with Gasteiger partial charge in [-0.05, 0) is 38.1 Å². The van der Waals surface area contributed by atoms with Crippen LogP contribution in [0.1, 0.15) is 29.1 Å². The lowest BCUT2D eigenvalue weighted by Crippen LogP contribution is -2.64. The molecule has 4 rings (SSSR count). The summed E-state index contributed by atoms with van der Waals surface area (Å²) in [5.74, 6) is -1.52. The van der Waals surface area contributed by atoms with Gasteiger partial charge in [-0.2, -0.15) is 0 Å². The van der Waals surface area contributed by atoms with Crippen LogP contribution in [0.15, 0.2) is 33.1 Å². The van der Waals surface area contributed by atoms with Gasteiger partial charge in [-0.3, -0.25) is 30.3 Å². The second kappa shape index (κ2) is 7.24. The molecule has 152 valence electrons. The molecule has 2 fully saturated rings. The van der Waals surface area contributed by atoms with Gasteiger partial charge in [-0.15, -0.1) is 0 Å². The maximum Gasteiger partial charge on any atom is 0.415 e. The van der Waals surface area contributed by atoms with Crippen LogP contribution >= 0.6 is 0 Å². The van der Waals surface area contributed by atoms with Crippen LogP contribution in [0.25, 0.3) is 0 Å². The number of alkyl carbamates (subject to hydrolysis) is 1. The van der Waals surface area contributed by atoms with Crippen LogP contribution in [0.4, 0.5) is 9.59 Å². The average Bonchev–Trinajstić information content (AvgIpc) is 3.34. The Balaban J connectivity index is 0.000000169. The number of cyclic esters (lactones) is 1. The van der Waals surface area contributed by atoms with Crippen molar-refractivity contribution in [2.24, 2.45) is 0 Å². The summed E-state index contributed by atoms with van der Waals surface area (Å²) in [6.45, 7) is 3.34. The molecule has 2 saturated heterocycles. The first-order valence-corrected chi connectivity index (χ1v) is 8.15. The molecule has 0 saturated carbocycles. The van der Waals surface area contributed by atoms with E-state index in [0.717, 1.165) is 0 Å². The molecule has 0 aliphatic carbocycles. The van der Waals surface area contributed by atoms with Gasteiger partial charge in [-0.1, -0.05) is 0 Å². The molecule has 1 unspecified atom stereocenters. The summed E-state index contributed by atoms with van der Waals surface area (Å²) in [5, 5.41) is 15.5. The molecule has 2 aliphatic heterocycles. The van der Waals surface area contributed by atoms with E-state index in [-0.39, 0.29) is 5.76 Å². The molecule has 12 nitrogen and oxygen atoms in total. The number of rotatable bonds is 2. The standard InChI is InChI=1S/C9H8N2O5.C8H7NO4/c1-4-2-3-5(16-4)9(15)6(12)10-8(14)11-7(9)13;1-4-2-3-5(12-4)6-7(10)9-8(11)13-6/h2-3,15H,1H3,(H2,10,11,12,13,14);2-3,6H,1H3,(H,9,10,11). The van der Waals surface area contributed by atoms with E-state index >= 15 is 0 Å². The largest absolute Gasteiger partial charge is 0.462 e. The van der Waals surface area contributed by atoms with E-state index in [4.69, 9.17) is 8.83 Å². The van der Waals surface area contributed by atoms with Gasteiger partial charge in [0.05, 0.1) is 0 Å². The van der Waals surface area contributed by atoms with Crippen LogP contribution in [0.3, 0.4) is 0 Å². The van der Waals surface area contributed by atoms with Crippen molar-refractivity contribution in [3.63, 3.8) is 0 Å². The number of nitrogens with one attached hydrogen (secondary N) is 3. The lowest BCUT2D eigenvalue weighted by Gasteiger charge is -2.26. The number of carbonyl (C=O) groups is 5. The normalized spacial score (nSPS) is 20.2. The van der Waals surface area contributed by atoms with Crippen molar-refractivity contribution in [3.8, 4) is 0 Å². The Labute approximate surface area is 162 Å². The maximum atomic E-state index is 11.4. The number of carbonyl (C=O) groups excluding carboxylic acids is 5. The molecule has 0 aromatic carbocycles. The van der Waals surface area contributed by atoms with Crippen LogP contribution in [0, 0.1) is 13.8 Å². The maximum absolute atomic E-state index is 11.4. The number of barbiturate groups is 1. The summed E-state index contributed by atoms with van der Waals surface area (Å²) in [6, 6.07) is 5.13. The fourth-order valence-electron chi connectivity index (χ4n) is 2.51. The Morgan fingerprint density at radius 1 is 0.862 bits per heavy atom. The van der Waals surface area contributed by atoms with Crippen LogP contribution in [0.5, 0.6) is 0 Å². The third-order valence-corrected chi connectivity index (χ3v) is 3.92. The van der Waals surface area contributed by atoms with Gasteiger partial charge in [0.1, 0.15) is 11.5 Å². The fourth-order valence-corrected chi connectivity index (χ4v) is 2.51. The minimum absolute atomic E-state index is 0.229. The van der Waals surface area contributed by atoms with Gasteiger partial charge in [-0.25, -0.2) is 9.59 Å². The number of hydrogen-bond acceptors (Lipinski definition) is 9. The number of aliphatic hydroxyl groups is 1. The second-order valence-corrected chi connectivity index (χ2v) is 6.08. The third-order valence-electron chi connectivity index (χ3n) is 3.92. The summed E-state index contributed by atoms with van der Waals surface area (Å²) >= 11 is 0. The first kappa shape index (κ1) is 19.8. The van der Waals surface area contributed by atoms with Gasteiger partial charge in [0, 0.05) is 0 Å². The lowest BCUT2D eigenvalue weighted by atomic mass is 9.97. The number of furan rings is 2. The molecular formula is C17H15N3O9.